The molecule has 5 heteroatoms. The number of imidazole rings is 1. The van der Waals surface area contributed by atoms with E-state index in [9.17, 15) is 9.90 Å². The number of hydrogen-bond acceptors (Lipinski definition) is 3. The van der Waals surface area contributed by atoms with E-state index in [4.69, 9.17) is 4.98 Å². The molecule has 0 aliphatic rings. The van der Waals surface area contributed by atoms with Crippen molar-refractivity contribution in [3.8, 4) is 0 Å². The Morgan fingerprint density at radius 2 is 1.70 bits per heavy atom. The average Bonchev–Trinajstić information content (AvgIpc) is 3.00. The summed E-state index contributed by atoms with van der Waals surface area (Å²) in [5.41, 5.74) is 2.28. The van der Waals surface area contributed by atoms with Crippen molar-refractivity contribution in [3.05, 3.63) is 99.7 Å². The summed E-state index contributed by atoms with van der Waals surface area (Å²) in [5.74, 6) is 0.475. The standard InChI is InChI=1S/C22H21N3O2/c1-15-9-10-18-19(13-15)25(3)21(23-18)22(27,16-7-5-4-6-8-16)17-11-12-24(2)20(26)14-17/h4-14,27H,1-3H3. The smallest absolute Gasteiger partial charge is 0.250 e. The first-order valence-corrected chi connectivity index (χ1v) is 8.80. The Kier molecular flexibility index (Phi) is 3.97. The number of rotatable bonds is 3. The van der Waals surface area contributed by atoms with Crippen LogP contribution in [0, 0.1) is 6.92 Å². The van der Waals surface area contributed by atoms with Gasteiger partial charge in [0.05, 0.1) is 11.0 Å². The molecule has 0 bridgehead atoms. The molecule has 136 valence electrons. The van der Waals surface area contributed by atoms with Crippen molar-refractivity contribution in [3.63, 3.8) is 0 Å². The summed E-state index contributed by atoms with van der Waals surface area (Å²) in [5, 5.41) is 12.0. The van der Waals surface area contributed by atoms with Gasteiger partial charge >= 0.3 is 0 Å². The molecule has 0 spiro atoms. The average molecular weight is 359 g/mol. The molecule has 0 aliphatic carbocycles. The lowest BCUT2D eigenvalue weighted by atomic mass is 9.86. The van der Waals surface area contributed by atoms with Crippen LogP contribution in [0.1, 0.15) is 22.5 Å². The highest BCUT2D eigenvalue weighted by atomic mass is 16.3. The second kappa shape index (κ2) is 6.21. The van der Waals surface area contributed by atoms with Crippen molar-refractivity contribution in [2.45, 2.75) is 12.5 Å². The lowest BCUT2D eigenvalue weighted by Gasteiger charge is -2.29. The van der Waals surface area contributed by atoms with Crippen LogP contribution in [0.3, 0.4) is 0 Å². The number of fused-ring (bicyclic) bond motifs is 1. The van der Waals surface area contributed by atoms with Crippen LogP contribution in [0.2, 0.25) is 0 Å². The predicted octanol–water partition coefficient (Wildman–Crippen LogP) is 2.86. The van der Waals surface area contributed by atoms with E-state index in [0.29, 0.717) is 17.0 Å². The van der Waals surface area contributed by atoms with Crippen molar-refractivity contribution in [2.75, 3.05) is 0 Å². The zero-order valence-electron chi connectivity index (χ0n) is 15.5. The minimum Gasteiger partial charge on any atom is -0.373 e. The molecule has 1 N–H and O–H groups in total. The van der Waals surface area contributed by atoms with Crippen LogP contribution in [0.15, 0.2) is 71.7 Å². The Morgan fingerprint density at radius 3 is 2.41 bits per heavy atom. The fourth-order valence-corrected chi connectivity index (χ4v) is 3.50. The van der Waals surface area contributed by atoms with Crippen LogP contribution in [-0.4, -0.2) is 19.2 Å². The third-order valence-electron chi connectivity index (χ3n) is 5.07. The third kappa shape index (κ3) is 2.67. The summed E-state index contributed by atoms with van der Waals surface area (Å²) < 4.78 is 3.38. The monoisotopic (exact) mass is 359 g/mol. The van der Waals surface area contributed by atoms with Crippen molar-refractivity contribution in [1.82, 2.24) is 14.1 Å². The van der Waals surface area contributed by atoms with Crippen LogP contribution < -0.4 is 5.56 Å². The summed E-state index contributed by atoms with van der Waals surface area (Å²) in [4.78, 5) is 17.0. The molecule has 1 atom stereocenters. The largest absolute Gasteiger partial charge is 0.373 e. The van der Waals surface area contributed by atoms with E-state index < -0.39 is 5.60 Å². The predicted molar refractivity (Wildman–Crippen MR) is 106 cm³/mol. The van der Waals surface area contributed by atoms with Crippen molar-refractivity contribution in [1.29, 1.82) is 0 Å². The van der Waals surface area contributed by atoms with Gasteiger partial charge in [0.1, 0.15) is 0 Å². The maximum Gasteiger partial charge on any atom is 0.250 e. The summed E-state index contributed by atoms with van der Waals surface area (Å²) in [6.45, 7) is 2.02. The van der Waals surface area contributed by atoms with Crippen molar-refractivity contribution in [2.24, 2.45) is 14.1 Å². The maximum atomic E-state index is 12.3. The first-order chi connectivity index (χ1) is 12.9. The molecule has 0 saturated carbocycles. The molecular weight excluding hydrogens is 338 g/mol. The van der Waals surface area contributed by atoms with E-state index in [-0.39, 0.29) is 5.56 Å². The molecule has 2 aromatic carbocycles. The summed E-state index contributed by atoms with van der Waals surface area (Å²) >= 11 is 0. The Hall–Kier alpha value is -3.18. The van der Waals surface area contributed by atoms with E-state index in [1.54, 1.807) is 19.3 Å². The number of aliphatic hydroxyl groups is 1. The van der Waals surface area contributed by atoms with Crippen LogP contribution in [0.5, 0.6) is 0 Å². The quantitative estimate of drug-likeness (QED) is 0.612. The fourth-order valence-electron chi connectivity index (χ4n) is 3.50. The topological polar surface area (TPSA) is 60.1 Å². The number of benzene rings is 2. The first-order valence-electron chi connectivity index (χ1n) is 8.80. The molecule has 5 nitrogen and oxygen atoms in total. The van der Waals surface area contributed by atoms with Gasteiger partial charge < -0.3 is 14.2 Å². The fraction of sp³-hybridized carbons (Fsp3) is 0.182. The van der Waals surface area contributed by atoms with E-state index in [1.807, 2.05) is 67.1 Å². The van der Waals surface area contributed by atoms with Gasteiger partial charge in [0, 0.05) is 31.9 Å². The van der Waals surface area contributed by atoms with E-state index in [0.717, 1.165) is 16.6 Å². The van der Waals surface area contributed by atoms with Crippen LogP contribution in [-0.2, 0) is 19.7 Å². The molecule has 2 heterocycles. The van der Waals surface area contributed by atoms with Gasteiger partial charge in [-0.25, -0.2) is 4.98 Å². The van der Waals surface area contributed by atoms with Crippen LogP contribution in [0.25, 0.3) is 11.0 Å². The molecule has 27 heavy (non-hydrogen) atoms. The SMILES string of the molecule is Cc1ccc2nc(C(O)(c3ccccc3)c3ccn(C)c(=O)c3)n(C)c2c1. The van der Waals surface area contributed by atoms with E-state index in [1.165, 1.54) is 10.6 Å². The number of nitrogens with zero attached hydrogens (tertiary/aromatic N) is 3. The molecule has 4 aromatic rings. The molecule has 0 fully saturated rings. The molecule has 0 aliphatic heterocycles. The van der Waals surface area contributed by atoms with Gasteiger partial charge in [-0.05, 0) is 36.2 Å². The van der Waals surface area contributed by atoms with E-state index >= 15 is 0 Å². The van der Waals surface area contributed by atoms with Crippen molar-refractivity contribution < 1.29 is 5.11 Å². The van der Waals surface area contributed by atoms with E-state index in [2.05, 4.69) is 0 Å². The maximum absolute atomic E-state index is 12.3. The Bertz CT molecular complexity index is 1190. The molecule has 0 saturated heterocycles. The van der Waals surface area contributed by atoms with Crippen LogP contribution >= 0.6 is 0 Å². The molecular formula is C22H21N3O2. The van der Waals surface area contributed by atoms with Gasteiger partial charge in [0.2, 0.25) is 0 Å². The lowest BCUT2D eigenvalue weighted by molar-refractivity contribution is 0.112. The second-order valence-corrected chi connectivity index (χ2v) is 6.93. The second-order valence-electron chi connectivity index (χ2n) is 6.93. The molecule has 2 aromatic heterocycles. The van der Waals surface area contributed by atoms with Gasteiger partial charge in [-0.15, -0.1) is 0 Å². The highest BCUT2D eigenvalue weighted by Gasteiger charge is 2.38. The number of aromatic nitrogens is 3. The lowest BCUT2D eigenvalue weighted by Crippen LogP contribution is -2.34. The molecule has 0 amide bonds. The molecule has 0 radical (unpaired) electrons. The van der Waals surface area contributed by atoms with Gasteiger partial charge in [-0.3, -0.25) is 4.79 Å². The zero-order valence-corrected chi connectivity index (χ0v) is 15.5. The zero-order chi connectivity index (χ0) is 19.2. The van der Waals surface area contributed by atoms with Gasteiger partial charge in [-0.2, -0.15) is 0 Å². The Balaban J connectivity index is 2.06. The Labute approximate surface area is 157 Å². The summed E-state index contributed by atoms with van der Waals surface area (Å²) in [7, 11) is 3.57. The molecule has 4 rings (SSSR count). The minimum atomic E-state index is -1.55. The minimum absolute atomic E-state index is 0.184. The van der Waals surface area contributed by atoms with Crippen molar-refractivity contribution >= 4 is 11.0 Å². The first kappa shape index (κ1) is 17.2. The summed E-state index contributed by atoms with van der Waals surface area (Å²) in [6, 6.07) is 18.6. The number of hydrogen-bond donors (Lipinski definition) is 1. The third-order valence-corrected chi connectivity index (χ3v) is 5.07. The Morgan fingerprint density at radius 1 is 0.963 bits per heavy atom. The number of aryl methyl sites for hydroxylation is 3. The highest BCUT2D eigenvalue weighted by molar-refractivity contribution is 5.77. The summed E-state index contributed by atoms with van der Waals surface area (Å²) in [6.07, 6.45) is 1.67. The normalized spacial score (nSPS) is 13.6. The van der Waals surface area contributed by atoms with Crippen LogP contribution in [0.4, 0.5) is 0 Å². The van der Waals surface area contributed by atoms with Gasteiger partial charge in [0.25, 0.3) is 5.56 Å². The van der Waals surface area contributed by atoms with Gasteiger partial charge in [-0.1, -0.05) is 36.4 Å². The van der Waals surface area contributed by atoms with Gasteiger partial charge in [0.15, 0.2) is 11.4 Å². The number of pyridine rings is 1. The molecule has 1 unspecified atom stereocenters. The highest BCUT2D eigenvalue weighted by Crippen LogP contribution is 2.36.